The van der Waals surface area contributed by atoms with Gasteiger partial charge in [-0.05, 0) is 72.8 Å². The number of methoxy groups -OCH3 is 1. The summed E-state index contributed by atoms with van der Waals surface area (Å²) in [4.78, 5) is 35.8. The minimum atomic E-state index is -0.635. The number of hydrogen-bond acceptors (Lipinski definition) is 6. The van der Waals surface area contributed by atoms with Crippen molar-refractivity contribution in [1.82, 2.24) is 0 Å². The molecule has 2 N–H and O–H groups in total. The number of rotatable bonds is 10. The molecular formula is C25H23BrN2O6. The van der Waals surface area contributed by atoms with Crippen LogP contribution in [-0.2, 0) is 19.1 Å². The van der Waals surface area contributed by atoms with Crippen LogP contribution < -0.4 is 20.1 Å². The molecule has 0 spiro atoms. The van der Waals surface area contributed by atoms with E-state index < -0.39 is 18.5 Å². The monoisotopic (exact) mass is 526 g/mol. The number of esters is 1. The molecule has 0 saturated heterocycles. The SMILES string of the molecule is COc1ccc(Oc2ccc(NC(=O)CCC(=O)OCC(=O)Nc3ccc(Br)cc3)cc2)cc1. The second-order valence-corrected chi connectivity index (χ2v) is 7.98. The van der Waals surface area contributed by atoms with Crippen molar-refractivity contribution in [3.63, 3.8) is 0 Å². The third kappa shape index (κ3) is 8.25. The number of amides is 2. The minimum absolute atomic E-state index is 0.0722. The molecule has 0 radical (unpaired) electrons. The molecule has 0 bridgehead atoms. The van der Waals surface area contributed by atoms with Crippen LogP contribution in [0.3, 0.4) is 0 Å². The molecule has 9 heteroatoms. The lowest BCUT2D eigenvalue weighted by atomic mass is 10.2. The number of carbonyl (C=O) groups excluding carboxylic acids is 3. The van der Waals surface area contributed by atoms with Crippen molar-refractivity contribution in [2.24, 2.45) is 0 Å². The second-order valence-electron chi connectivity index (χ2n) is 7.07. The highest BCUT2D eigenvalue weighted by atomic mass is 79.9. The highest BCUT2D eigenvalue weighted by molar-refractivity contribution is 9.10. The van der Waals surface area contributed by atoms with Crippen LogP contribution >= 0.6 is 15.9 Å². The first-order chi connectivity index (χ1) is 16.4. The molecule has 0 unspecified atom stereocenters. The Labute approximate surface area is 205 Å². The molecule has 0 aliphatic carbocycles. The average molecular weight is 527 g/mol. The molecule has 0 heterocycles. The largest absolute Gasteiger partial charge is 0.497 e. The standard InChI is InChI=1S/C25H23BrN2O6/c1-32-20-10-12-22(13-11-20)34-21-8-6-19(7-9-21)27-23(29)14-15-25(31)33-16-24(30)28-18-4-2-17(26)3-5-18/h2-13H,14-16H2,1H3,(H,27,29)(H,28,30). The number of hydrogen-bond donors (Lipinski definition) is 2. The molecule has 0 aromatic heterocycles. The van der Waals surface area contributed by atoms with Crippen molar-refractivity contribution in [2.45, 2.75) is 12.8 Å². The summed E-state index contributed by atoms with van der Waals surface area (Å²) in [7, 11) is 1.59. The average Bonchev–Trinajstić information content (AvgIpc) is 2.84. The fourth-order valence-electron chi connectivity index (χ4n) is 2.77. The number of anilines is 2. The summed E-state index contributed by atoms with van der Waals surface area (Å²) >= 11 is 3.31. The van der Waals surface area contributed by atoms with E-state index in [1.54, 1.807) is 79.9 Å². The normalized spacial score (nSPS) is 10.2. The van der Waals surface area contributed by atoms with Crippen molar-refractivity contribution in [2.75, 3.05) is 24.4 Å². The van der Waals surface area contributed by atoms with Gasteiger partial charge in [-0.25, -0.2) is 0 Å². The lowest BCUT2D eigenvalue weighted by molar-refractivity contribution is -0.147. The Morgan fingerprint density at radius 3 is 1.79 bits per heavy atom. The van der Waals surface area contributed by atoms with Crippen molar-refractivity contribution < 1.29 is 28.6 Å². The molecule has 0 saturated carbocycles. The maximum Gasteiger partial charge on any atom is 0.306 e. The molecule has 0 fully saturated rings. The second kappa shape index (κ2) is 12.4. The van der Waals surface area contributed by atoms with Crippen molar-refractivity contribution in [3.05, 3.63) is 77.3 Å². The summed E-state index contributed by atoms with van der Waals surface area (Å²) in [6, 6.07) is 21.0. The number of ether oxygens (including phenoxy) is 3. The highest BCUT2D eigenvalue weighted by Gasteiger charge is 2.11. The molecule has 176 valence electrons. The summed E-state index contributed by atoms with van der Waals surface area (Å²) in [5.41, 5.74) is 1.15. The number of halogens is 1. The van der Waals surface area contributed by atoms with E-state index >= 15 is 0 Å². The molecular weight excluding hydrogens is 504 g/mol. The minimum Gasteiger partial charge on any atom is -0.497 e. The Bertz CT molecular complexity index is 1120. The van der Waals surface area contributed by atoms with Crippen LogP contribution in [-0.4, -0.2) is 31.5 Å². The van der Waals surface area contributed by atoms with Crippen LogP contribution in [0.2, 0.25) is 0 Å². The molecule has 3 aromatic rings. The van der Waals surface area contributed by atoms with Crippen LogP contribution in [0.15, 0.2) is 77.3 Å². The topological polar surface area (TPSA) is 103 Å². The van der Waals surface area contributed by atoms with Gasteiger partial charge in [0.15, 0.2) is 6.61 Å². The van der Waals surface area contributed by atoms with Crippen LogP contribution in [0.1, 0.15) is 12.8 Å². The van der Waals surface area contributed by atoms with Crippen LogP contribution in [0.25, 0.3) is 0 Å². The van der Waals surface area contributed by atoms with E-state index in [1.807, 2.05) is 0 Å². The third-order valence-electron chi connectivity index (χ3n) is 4.48. The molecule has 0 atom stereocenters. The zero-order chi connectivity index (χ0) is 24.3. The van der Waals surface area contributed by atoms with E-state index in [2.05, 4.69) is 26.6 Å². The Hall–Kier alpha value is -3.85. The highest BCUT2D eigenvalue weighted by Crippen LogP contribution is 2.25. The van der Waals surface area contributed by atoms with Gasteiger partial charge in [-0.2, -0.15) is 0 Å². The van der Waals surface area contributed by atoms with Gasteiger partial charge in [0, 0.05) is 22.3 Å². The number of benzene rings is 3. The summed E-state index contributed by atoms with van der Waals surface area (Å²) in [6.07, 6.45) is -0.215. The summed E-state index contributed by atoms with van der Waals surface area (Å²) in [5.74, 6) is 0.551. The predicted molar refractivity (Wildman–Crippen MR) is 131 cm³/mol. The van der Waals surface area contributed by atoms with Gasteiger partial charge in [0.2, 0.25) is 5.91 Å². The molecule has 34 heavy (non-hydrogen) atoms. The molecule has 0 aliphatic heterocycles. The van der Waals surface area contributed by atoms with E-state index in [0.717, 1.165) is 10.2 Å². The van der Waals surface area contributed by atoms with E-state index in [1.165, 1.54) is 0 Å². The van der Waals surface area contributed by atoms with Gasteiger partial charge < -0.3 is 24.8 Å². The molecule has 8 nitrogen and oxygen atoms in total. The number of carbonyl (C=O) groups is 3. The fraction of sp³-hybridized carbons (Fsp3) is 0.160. The van der Waals surface area contributed by atoms with Crippen LogP contribution in [0, 0.1) is 0 Å². The summed E-state index contributed by atoms with van der Waals surface area (Å²) in [6.45, 7) is -0.424. The van der Waals surface area contributed by atoms with Crippen molar-refractivity contribution in [3.8, 4) is 17.2 Å². The Kier molecular flexibility index (Phi) is 9.04. The van der Waals surface area contributed by atoms with Gasteiger partial charge in [0.1, 0.15) is 17.2 Å². The van der Waals surface area contributed by atoms with Gasteiger partial charge in [0.05, 0.1) is 13.5 Å². The number of nitrogens with one attached hydrogen (secondary N) is 2. The zero-order valence-electron chi connectivity index (χ0n) is 18.4. The Morgan fingerprint density at radius 2 is 1.21 bits per heavy atom. The first kappa shape index (κ1) is 24.8. The molecule has 2 amide bonds. The van der Waals surface area contributed by atoms with E-state index in [4.69, 9.17) is 14.2 Å². The molecule has 0 aliphatic rings. The predicted octanol–water partition coefficient (Wildman–Crippen LogP) is 5.15. The van der Waals surface area contributed by atoms with Gasteiger partial charge in [-0.3, -0.25) is 14.4 Å². The summed E-state index contributed by atoms with van der Waals surface area (Å²) in [5, 5.41) is 5.32. The van der Waals surface area contributed by atoms with Gasteiger partial charge in [-0.1, -0.05) is 15.9 Å². The maximum atomic E-state index is 12.1. The quantitative estimate of drug-likeness (QED) is 0.354. The van der Waals surface area contributed by atoms with Gasteiger partial charge >= 0.3 is 5.97 Å². The first-order valence-corrected chi connectivity index (χ1v) is 11.1. The van der Waals surface area contributed by atoms with Crippen molar-refractivity contribution >= 4 is 45.1 Å². The molecule has 3 rings (SSSR count). The Morgan fingerprint density at radius 1 is 0.706 bits per heavy atom. The lowest BCUT2D eigenvalue weighted by Crippen LogP contribution is -2.21. The van der Waals surface area contributed by atoms with Gasteiger partial charge in [0.25, 0.3) is 5.91 Å². The van der Waals surface area contributed by atoms with Crippen LogP contribution in [0.5, 0.6) is 17.2 Å². The molecule has 3 aromatic carbocycles. The van der Waals surface area contributed by atoms with E-state index in [-0.39, 0.29) is 18.7 Å². The van der Waals surface area contributed by atoms with Gasteiger partial charge in [-0.15, -0.1) is 0 Å². The zero-order valence-corrected chi connectivity index (χ0v) is 20.0. The van der Waals surface area contributed by atoms with Crippen LogP contribution in [0.4, 0.5) is 11.4 Å². The smallest absolute Gasteiger partial charge is 0.306 e. The third-order valence-corrected chi connectivity index (χ3v) is 5.01. The maximum absolute atomic E-state index is 12.1. The van der Waals surface area contributed by atoms with Crippen molar-refractivity contribution in [1.29, 1.82) is 0 Å². The Balaban J connectivity index is 1.36. The summed E-state index contributed by atoms with van der Waals surface area (Å²) < 4.78 is 16.7. The fourth-order valence-corrected chi connectivity index (χ4v) is 3.04. The van der Waals surface area contributed by atoms with E-state index in [9.17, 15) is 14.4 Å². The lowest BCUT2D eigenvalue weighted by Gasteiger charge is -2.09. The first-order valence-electron chi connectivity index (χ1n) is 10.3. The van der Waals surface area contributed by atoms with E-state index in [0.29, 0.717) is 22.9 Å².